The SMILES string of the molecule is CCOC(=O)CCNC(=O)Cc1ccccc1OC. The first-order valence-electron chi connectivity index (χ1n) is 6.21. The first-order chi connectivity index (χ1) is 9.17. The number of nitrogens with one attached hydrogen (secondary N) is 1. The summed E-state index contributed by atoms with van der Waals surface area (Å²) in [4.78, 5) is 22.8. The first-order valence-corrected chi connectivity index (χ1v) is 6.21. The summed E-state index contributed by atoms with van der Waals surface area (Å²) >= 11 is 0. The second kappa shape index (κ2) is 8.13. The van der Waals surface area contributed by atoms with Crippen molar-refractivity contribution in [1.29, 1.82) is 0 Å². The lowest BCUT2D eigenvalue weighted by atomic mass is 10.1. The number of carbonyl (C=O) groups excluding carboxylic acids is 2. The molecule has 0 atom stereocenters. The Bertz CT molecular complexity index is 431. The average Bonchev–Trinajstić information content (AvgIpc) is 2.39. The van der Waals surface area contributed by atoms with E-state index in [4.69, 9.17) is 9.47 Å². The largest absolute Gasteiger partial charge is 0.496 e. The van der Waals surface area contributed by atoms with Gasteiger partial charge in [0.25, 0.3) is 0 Å². The topological polar surface area (TPSA) is 64.6 Å². The number of para-hydroxylation sites is 1. The van der Waals surface area contributed by atoms with Crippen molar-refractivity contribution in [2.75, 3.05) is 20.3 Å². The molecule has 1 amide bonds. The van der Waals surface area contributed by atoms with Gasteiger partial charge in [-0.3, -0.25) is 9.59 Å². The zero-order valence-electron chi connectivity index (χ0n) is 11.3. The molecule has 1 aromatic rings. The molecule has 0 spiro atoms. The van der Waals surface area contributed by atoms with Crippen molar-refractivity contribution in [2.24, 2.45) is 0 Å². The van der Waals surface area contributed by atoms with Crippen molar-refractivity contribution in [3.8, 4) is 5.75 Å². The molecule has 0 bridgehead atoms. The number of benzene rings is 1. The molecule has 104 valence electrons. The summed E-state index contributed by atoms with van der Waals surface area (Å²) in [6.07, 6.45) is 0.415. The molecule has 1 N–H and O–H groups in total. The highest BCUT2D eigenvalue weighted by atomic mass is 16.5. The van der Waals surface area contributed by atoms with E-state index >= 15 is 0 Å². The molecular formula is C14H19NO4. The van der Waals surface area contributed by atoms with Crippen molar-refractivity contribution in [3.05, 3.63) is 29.8 Å². The first kappa shape index (κ1) is 15.0. The zero-order chi connectivity index (χ0) is 14.1. The third-order valence-corrected chi connectivity index (χ3v) is 2.50. The van der Waals surface area contributed by atoms with Crippen LogP contribution in [0.3, 0.4) is 0 Å². The summed E-state index contributed by atoms with van der Waals surface area (Å²) < 4.78 is 9.93. The minimum Gasteiger partial charge on any atom is -0.496 e. The van der Waals surface area contributed by atoms with E-state index in [1.54, 1.807) is 20.1 Å². The van der Waals surface area contributed by atoms with Crippen molar-refractivity contribution >= 4 is 11.9 Å². The van der Waals surface area contributed by atoms with Gasteiger partial charge in [-0.15, -0.1) is 0 Å². The number of hydrogen-bond donors (Lipinski definition) is 1. The highest BCUT2D eigenvalue weighted by Gasteiger charge is 2.08. The normalized spacial score (nSPS) is 9.79. The Hall–Kier alpha value is -2.04. The molecule has 0 heterocycles. The van der Waals surface area contributed by atoms with E-state index in [-0.39, 0.29) is 31.3 Å². The third-order valence-electron chi connectivity index (χ3n) is 2.50. The van der Waals surface area contributed by atoms with Gasteiger partial charge in [0.1, 0.15) is 5.75 Å². The number of methoxy groups -OCH3 is 1. The van der Waals surface area contributed by atoms with Gasteiger partial charge in [0.05, 0.1) is 26.6 Å². The number of rotatable bonds is 7. The fourth-order valence-electron chi connectivity index (χ4n) is 1.62. The molecular weight excluding hydrogens is 246 g/mol. The van der Waals surface area contributed by atoms with Crippen LogP contribution in [0.1, 0.15) is 18.9 Å². The smallest absolute Gasteiger partial charge is 0.307 e. The monoisotopic (exact) mass is 265 g/mol. The molecule has 0 saturated carbocycles. The van der Waals surface area contributed by atoms with E-state index in [9.17, 15) is 9.59 Å². The molecule has 19 heavy (non-hydrogen) atoms. The van der Waals surface area contributed by atoms with Crippen LogP contribution in [0.15, 0.2) is 24.3 Å². The molecule has 0 unspecified atom stereocenters. The van der Waals surface area contributed by atoms with Gasteiger partial charge in [-0.25, -0.2) is 0 Å². The van der Waals surface area contributed by atoms with Crippen LogP contribution >= 0.6 is 0 Å². The Kier molecular flexibility index (Phi) is 6.43. The highest BCUT2D eigenvalue weighted by molar-refractivity contribution is 5.80. The fraction of sp³-hybridized carbons (Fsp3) is 0.429. The Morgan fingerprint density at radius 2 is 2.00 bits per heavy atom. The van der Waals surface area contributed by atoms with Gasteiger partial charge in [-0.2, -0.15) is 0 Å². The van der Waals surface area contributed by atoms with E-state index < -0.39 is 0 Å². The van der Waals surface area contributed by atoms with Gasteiger partial charge in [0.2, 0.25) is 5.91 Å². The lowest BCUT2D eigenvalue weighted by molar-refractivity contribution is -0.143. The average molecular weight is 265 g/mol. The van der Waals surface area contributed by atoms with Crippen LogP contribution in [0, 0.1) is 0 Å². The lowest BCUT2D eigenvalue weighted by Crippen LogP contribution is -2.28. The van der Waals surface area contributed by atoms with Crippen LogP contribution in [0.25, 0.3) is 0 Å². The van der Waals surface area contributed by atoms with Gasteiger partial charge in [0, 0.05) is 12.1 Å². The molecule has 0 radical (unpaired) electrons. The fourth-order valence-corrected chi connectivity index (χ4v) is 1.62. The molecule has 0 fully saturated rings. The number of hydrogen-bond acceptors (Lipinski definition) is 4. The van der Waals surface area contributed by atoms with Crippen molar-refractivity contribution in [3.63, 3.8) is 0 Å². The maximum atomic E-state index is 11.7. The van der Waals surface area contributed by atoms with E-state index in [0.717, 1.165) is 5.56 Å². The Balaban J connectivity index is 2.37. The van der Waals surface area contributed by atoms with Crippen LogP contribution in [-0.4, -0.2) is 32.1 Å². The number of esters is 1. The third kappa shape index (κ3) is 5.42. The minimum absolute atomic E-state index is 0.145. The predicted octanol–water partition coefficient (Wildman–Crippen LogP) is 1.31. The summed E-state index contributed by atoms with van der Waals surface area (Å²) in [6.45, 7) is 2.39. The summed E-state index contributed by atoms with van der Waals surface area (Å²) in [5, 5.41) is 2.68. The highest BCUT2D eigenvalue weighted by Crippen LogP contribution is 2.17. The van der Waals surface area contributed by atoms with Gasteiger partial charge in [-0.1, -0.05) is 18.2 Å². The molecule has 5 nitrogen and oxygen atoms in total. The second-order valence-electron chi connectivity index (χ2n) is 3.89. The molecule has 1 aromatic carbocycles. The van der Waals surface area contributed by atoms with Crippen LogP contribution in [0.4, 0.5) is 0 Å². The summed E-state index contributed by atoms with van der Waals surface area (Å²) in [5.41, 5.74) is 0.818. The quantitative estimate of drug-likeness (QED) is 0.755. The van der Waals surface area contributed by atoms with E-state index in [0.29, 0.717) is 12.4 Å². The zero-order valence-corrected chi connectivity index (χ0v) is 11.3. The van der Waals surface area contributed by atoms with Gasteiger partial charge < -0.3 is 14.8 Å². The van der Waals surface area contributed by atoms with E-state index in [1.807, 2.05) is 18.2 Å². The number of carbonyl (C=O) groups is 2. The predicted molar refractivity (Wildman–Crippen MR) is 71.0 cm³/mol. The summed E-state index contributed by atoms with van der Waals surface area (Å²) in [7, 11) is 1.57. The van der Waals surface area contributed by atoms with Crippen LogP contribution in [-0.2, 0) is 20.7 Å². The van der Waals surface area contributed by atoms with Gasteiger partial charge in [-0.05, 0) is 13.0 Å². The van der Waals surface area contributed by atoms with Crippen LogP contribution in [0.2, 0.25) is 0 Å². The van der Waals surface area contributed by atoms with Gasteiger partial charge in [0.15, 0.2) is 0 Å². The maximum absolute atomic E-state index is 11.7. The number of amides is 1. The van der Waals surface area contributed by atoms with E-state index in [1.165, 1.54) is 0 Å². The molecule has 5 heteroatoms. The Morgan fingerprint density at radius 3 is 2.68 bits per heavy atom. The summed E-state index contributed by atoms with van der Waals surface area (Å²) in [5.74, 6) is 0.233. The molecule has 0 aromatic heterocycles. The molecule has 0 aliphatic rings. The second-order valence-corrected chi connectivity index (χ2v) is 3.89. The lowest BCUT2D eigenvalue weighted by Gasteiger charge is -2.08. The molecule has 0 saturated heterocycles. The minimum atomic E-state index is -0.305. The maximum Gasteiger partial charge on any atom is 0.307 e. The molecule has 0 aliphatic heterocycles. The van der Waals surface area contributed by atoms with E-state index in [2.05, 4.69) is 5.32 Å². The molecule has 1 rings (SSSR count). The molecule has 0 aliphatic carbocycles. The van der Waals surface area contributed by atoms with Crippen molar-refractivity contribution < 1.29 is 19.1 Å². The van der Waals surface area contributed by atoms with Crippen molar-refractivity contribution in [2.45, 2.75) is 19.8 Å². The standard InChI is InChI=1S/C14H19NO4/c1-3-19-14(17)8-9-15-13(16)10-11-6-4-5-7-12(11)18-2/h4-7H,3,8-10H2,1-2H3,(H,15,16). The van der Waals surface area contributed by atoms with Crippen LogP contribution in [0.5, 0.6) is 5.75 Å². The van der Waals surface area contributed by atoms with Crippen LogP contribution < -0.4 is 10.1 Å². The van der Waals surface area contributed by atoms with Gasteiger partial charge >= 0.3 is 5.97 Å². The van der Waals surface area contributed by atoms with Crippen molar-refractivity contribution in [1.82, 2.24) is 5.32 Å². The Labute approximate surface area is 112 Å². The Morgan fingerprint density at radius 1 is 1.26 bits per heavy atom. The summed E-state index contributed by atoms with van der Waals surface area (Å²) in [6, 6.07) is 7.34. The number of ether oxygens (including phenoxy) is 2.